The summed E-state index contributed by atoms with van der Waals surface area (Å²) in [5.41, 5.74) is 1.57. The molecule has 1 atom stereocenters. The Balaban J connectivity index is 1.20. The van der Waals surface area contributed by atoms with Crippen molar-refractivity contribution in [3.8, 4) is 17.4 Å². The lowest BCUT2D eigenvalue weighted by molar-refractivity contribution is 0.174. The van der Waals surface area contributed by atoms with Gasteiger partial charge in [0, 0.05) is 36.2 Å². The molecule has 1 saturated heterocycles. The van der Waals surface area contributed by atoms with E-state index in [2.05, 4.69) is 10.3 Å². The average Bonchev–Trinajstić information content (AvgIpc) is 3.37. The molecule has 3 heterocycles. The van der Waals surface area contributed by atoms with Gasteiger partial charge in [0.15, 0.2) is 11.5 Å². The first-order valence-corrected chi connectivity index (χ1v) is 9.23. The Bertz CT molecular complexity index is 1040. The van der Waals surface area contributed by atoms with Gasteiger partial charge in [0.25, 0.3) is 0 Å². The third-order valence-electron chi connectivity index (χ3n) is 4.92. The van der Waals surface area contributed by atoms with Crippen molar-refractivity contribution in [2.45, 2.75) is 12.5 Å². The number of amides is 2. The molecular weight excluding hydrogens is 358 g/mol. The lowest BCUT2D eigenvalue weighted by Gasteiger charge is -2.18. The van der Waals surface area contributed by atoms with Gasteiger partial charge in [0.1, 0.15) is 6.10 Å². The van der Waals surface area contributed by atoms with E-state index < -0.39 is 0 Å². The number of nitrogens with zero attached hydrogens (tertiary/aromatic N) is 2. The van der Waals surface area contributed by atoms with E-state index in [9.17, 15) is 4.79 Å². The fraction of sp³-hybridized carbons (Fsp3) is 0.238. The fourth-order valence-electron chi connectivity index (χ4n) is 3.47. The highest BCUT2D eigenvalue weighted by Gasteiger charge is 2.28. The Morgan fingerprint density at radius 1 is 1.11 bits per heavy atom. The van der Waals surface area contributed by atoms with Crippen LogP contribution in [0.3, 0.4) is 0 Å². The van der Waals surface area contributed by atoms with Crippen LogP contribution in [0, 0.1) is 0 Å². The standard InChI is InChI=1S/C21H19N3O4/c25-21(22-15-6-7-18-19(11-15)27-13-26-18)24-10-9-16(12-24)28-20-8-5-14-3-1-2-4-17(14)23-20/h1-8,11,16H,9-10,12-13H2,(H,22,25). The molecule has 0 radical (unpaired) electrons. The maximum absolute atomic E-state index is 12.6. The van der Waals surface area contributed by atoms with Crippen LogP contribution in [0.5, 0.6) is 17.4 Å². The topological polar surface area (TPSA) is 72.9 Å². The van der Waals surface area contributed by atoms with Crippen LogP contribution in [0.25, 0.3) is 10.9 Å². The Kier molecular flexibility index (Phi) is 4.12. The van der Waals surface area contributed by atoms with Gasteiger partial charge in [-0.1, -0.05) is 18.2 Å². The van der Waals surface area contributed by atoms with Gasteiger partial charge in [0.2, 0.25) is 12.7 Å². The number of fused-ring (bicyclic) bond motifs is 2. The highest BCUT2D eigenvalue weighted by atomic mass is 16.7. The molecule has 2 aromatic carbocycles. The van der Waals surface area contributed by atoms with Crippen molar-refractivity contribution in [3.05, 3.63) is 54.6 Å². The van der Waals surface area contributed by atoms with Crippen molar-refractivity contribution in [1.82, 2.24) is 9.88 Å². The number of likely N-dealkylation sites (tertiary alicyclic amines) is 1. The van der Waals surface area contributed by atoms with E-state index >= 15 is 0 Å². The van der Waals surface area contributed by atoms with Crippen LogP contribution in [0.4, 0.5) is 10.5 Å². The summed E-state index contributed by atoms with van der Waals surface area (Å²) in [7, 11) is 0. The van der Waals surface area contributed by atoms with E-state index in [1.54, 1.807) is 23.1 Å². The van der Waals surface area contributed by atoms with Gasteiger partial charge in [-0.05, 0) is 24.3 Å². The molecule has 7 nitrogen and oxygen atoms in total. The zero-order valence-electron chi connectivity index (χ0n) is 15.1. The molecule has 0 saturated carbocycles. The number of aromatic nitrogens is 1. The lowest BCUT2D eigenvalue weighted by atomic mass is 10.2. The lowest BCUT2D eigenvalue weighted by Crippen LogP contribution is -2.34. The monoisotopic (exact) mass is 377 g/mol. The number of anilines is 1. The maximum atomic E-state index is 12.6. The second-order valence-corrected chi connectivity index (χ2v) is 6.81. The van der Waals surface area contributed by atoms with Gasteiger partial charge in [-0.15, -0.1) is 0 Å². The Morgan fingerprint density at radius 3 is 2.96 bits per heavy atom. The number of ether oxygens (including phenoxy) is 3. The number of para-hydroxylation sites is 1. The van der Waals surface area contributed by atoms with Gasteiger partial charge < -0.3 is 24.4 Å². The molecule has 3 aromatic rings. The van der Waals surface area contributed by atoms with Crippen LogP contribution in [-0.2, 0) is 0 Å². The Morgan fingerprint density at radius 2 is 2.00 bits per heavy atom. The van der Waals surface area contributed by atoms with Gasteiger partial charge in [-0.2, -0.15) is 0 Å². The van der Waals surface area contributed by atoms with Gasteiger partial charge in [-0.3, -0.25) is 0 Å². The minimum absolute atomic E-state index is 0.0730. The third-order valence-corrected chi connectivity index (χ3v) is 4.92. The fourth-order valence-corrected chi connectivity index (χ4v) is 3.47. The molecule has 7 heteroatoms. The predicted molar refractivity (Wildman–Crippen MR) is 104 cm³/mol. The summed E-state index contributed by atoms with van der Waals surface area (Å²) >= 11 is 0. The van der Waals surface area contributed by atoms with Crippen molar-refractivity contribution in [3.63, 3.8) is 0 Å². The van der Waals surface area contributed by atoms with E-state index in [-0.39, 0.29) is 18.9 Å². The predicted octanol–water partition coefficient (Wildman–Crippen LogP) is 3.65. The molecule has 0 bridgehead atoms. The largest absolute Gasteiger partial charge is 0.472 e. The molecule has 1 N–H and O–H groups in total. The number of hydrogen-bond acceptors (Lipinski definition) is 5. The van der Waals surface area contributed by atoms with Crippen LogP contribution >= 0.6 is 0 Å². The Hall–Kier alpha value is -3.48. The second kappa shape index (κ2) is 6.92. The van der Waals surface area contributed by atoms with E-state index in [1.807, 2.05) is 36.4 Å². The summed E-state index contributed by atoms with van der Waals surface area (Å²) in [5.74, 6) is 1.92. The van der Waals surface area contributed by atoms with Crippen molar-refractivity contribution >= 4 is 22.6 Å². The molecule has 1 fully saturated rings. The molecule has 2 aliphatic heterocycles. The summed E-state index contributed by atoms with van der Waals surface area (Å²) in [5, 5.41) is 3.98. The molecule has 142 valence electrons. The van der Waals surface area contributed by atoms with Crippen molar-refractivity contribution in [1.29, 1.82) is 0 Å². The van der Waals surface area contributed by atoms with E-state index in [0.717, 1.165) is 17.3 Å². The SMILES string of the molecule is O=C(Nc1ccc2c(c1)OCO2)N1CCC(Oc2ccc3ccccc3n2)C1. The summed E-state index contributed by atoms with van der Waals surface area (Å²) < 4.78 is 16.6. The number of hydrogen-bond donors (Lipinski definition) is 1. The number of pyridine rings is 1. The quantitative estimate of drug-likeness (QED) is 0.754. The summed E-state index contributed by atoms with van der Waals surface area (Å²) in [6.07, 6.45) is 0.694. The minimum Gasteiger partial charge on any atom is -0.472 e. The number of urea groups is 1. The van der Waals surface area contributed by atoms with Crippen LogP contribution < -0.4 is 19.5 Å². The highest BCUT2D eigenvalue weighted by Crippen LogP contribution is 2.34. The van der Waals surface area contributed by atoms with Gasteiger partial charge in [-0.25, -0.2) is 9.78 Å². The minimum atomic E-state index is -0.156. The van der Waals surface area contributed by atoms with E-state index in [4.69, 9.17) is 14.2 Å². The second-order valence-electron chi connectivity index (χ2n) is 6.81. The molecule has 0 aliphatic carbocycles. The van der Waals surface area contributed by atoms with Crippen LogP contribution in [-0.4, -0.2) is 41.9 Å². The number of rotatable bonds is 3. The first-order chi connectivity index (χ1) is 13.7. The molecule has 1 aromatic heterocycles. The summed E-state index contributed by atoms with van der Waals surface area (Å²) in [4.78, 5) is 18.8. The maximum Gasteiger partial charge on any atom is 0.321 e. The molecule has 2 aliphatic rings. The summed E-state index contributed by atoms with van der Waals surface area (Å²) in [6.45, 7) is 1.36. The van der Waals surface area contributed by atoms with Crippen molar-refractivity contribution < 1.29 is 19.0 Å². The smallest absolute Gasteiger partial charge is 0.321 e. The van der Waals surface area contributed by atoms with Crippen LogP contribution in [0.15, 0.2) is 54.6 Å². The zero-order valence-corrected chi connectivity index (χ0v) is 15.1. The summed E-state index contributed by atoms with van der Waals surface area (Å²) in [6, 6.07) is 17.0. The molecule has 2 amide bonds. The van der Waals surface area contributed by atoms with E-state index in [1.165, 1.54) is 0 Å². The highest BCUT2D eigenvalue weighted by molar-refractivity contribution is 5.90. The van der Waals surface area contributed by atoms with Crippen molar-refractivity contribution in [2.75, 3.05) is 25.2 Å². The third kappa shape index (κ3) is 3.26. The number of benzene rings is 2. The number of carbonyl (C=O) groups is 1. The first-order valence-electron chi connectivity index (χ1n) is 9.23. The van der Waals surface area contributed by atoms with E-state index in [0.29, 0.717) is 36.2 Å². The Labute approximate surface area is 161 Å². The number of nitrogens with one attached hydrogen (secondary N) is 1. The molecule has 28 heavy (non-hydrogen) atoms. The van der Waals surface area contributed by atoms with Gasteiger partial charge >= 0.3 is 6.03 Å². The first kappa shape index (κ1) is 16.7. The number of carbonyl (C=O) groups excluding carboxylic acids is 1. The average molecular weight is 377 g/mol. The van der Waals surface area contributed by atoms with Gasteiger partial charge in [0.05, 0.1) is 12.1 Å². The van der Waals surface area contributed by atoms with Crippen LogP contribution in [0.1, 0.15) is 6.42 Å². The molecular formula is C21H19N3O4. The molecule has 5 rings (SSSR count). The molecule has 0 spiro atoms. The zero-order chi connectivity index (χ0) is 18.9. The normalized spacial score (nSPS) is 17.7. The molecule has 1 unspecified atom stereocenters. The van der Waals surface area contributed by atoms with Crippen LogP contribution in [0.2, 0.25) is 0 Å². The van der Waals surface area contributed by atoms with Crippen molar-refractivity contribution in [2.24, 2.45) is 0 Å².